The van der Waals surface area contributed by atoms with Gasteiger partial charge in [-0.2, -0.15) is 0 Å². The molecule has 1 atom stereocenters. The first-order chi connectivity index (χ1) is 12.6. The monoisotopic (exact) mass is 409 g/mol. The fourth-order valence-corrected chi connectivity index (χ4v) is 5.66. The van der Waals surface area contributed by atoms with Gasteiger partial charge in [0, 0.05) is 23.0 Å². The van der Waals surface area contributed by atoms with Crippen LogP contribution in [-0.4, -0.2) is 25.4 Å². The summed E-state index contributed by atoms with van der Waals surface area (Å²) in [5.74, 6) is 0. The third-order valence-electron chi connectivity index (χ3n) is 4.33. The number of benzene rings is 1. The van der Waals surface area contributed by atoms with Gasteiger partial charge in [0.05, 0.1) is 15.9 Å². The summed E-state index contributed by atoms with van der Waals surface area (Å²) in [6.45, 7) is 5.88. The van der Waals surface area contributed by atoms with Gasteiger partial charge in [-0.25, -0.2) is 13.1 Å². The molecule has 3 rings (SSSR count). The number of hydrogen-bond acceptors (Lipinski definition) is 6. The maximum absolute atomic E-state index is 12.6. The molecule has 9 heteroatoms. The summed E-state index contributed by atoms with van der Waals surface area (Å²) < 4.78 is 27.7. The molecule has 146 valence electrons. The second-order valence-corrected chi connectivity index (χ2v) is 10.3. The van der Waals surface area contributed by atoms with Crippen LogP contribution in [0.3, 0.4) is 0 Å². The van der Waals surface area contributed by atoms with Crippen molar-refractivity contribution in [1.29, 1.82) is 0 Å². The molecule has 2 heterocycles. The number of nitrogens with zero attached hydrogens (tertiary/aromatic N) is 2. The summed E-state index contributed by atoms with van der Waals surface area (Å²) in [6, 6.07) is 8.25. The Labute approximate surface area is 163 Å². The van der Waals surface area contributed by atoms with Crippen molar-refractivity contribution >= 4 is 32.7 Å². The molecule has 1 N–H and O–H groups in total. The van der Waals surface area contributed by atoms with E-state index in [4.69, 9.17) is 0 Å². The fourth-order valence-electron chi connectivity index (χ4n) is 3.35. The molecule has 0 radical (unpaired) electrons. The molecule has 1 aliphatic heterocycles. The molecular formula is C18H23N3O4S2. The van der Waals surface area contributed by atoms with Crippen LogP contribution in [0.2, 0.25) is 0 Å². The summed E-state index contributed by atoms with van der Waals surface area (Å²) >= 11 is 1.63. The molecule has 0 unspecified atom stereocenters. The minimum atomic E-state index is -3.84. The lowest BCUT2D eigenvalue weighted by Gasteiger charge is -2.26. The lowest BCUT2D eigenvalue weighted by molar-refractivity contribution is -0.384. The van der Waals surface area contributed by atoms with E-state index in [0.717, 1.165) is 23.8 Å². The van der Waals surface area contributed by atoms with Crippen LogP contribution in [0.5, 0.6) is 0 Å². The Kier molecular flexibility index (Phi) is 5.29. The van der Waals surface area contributed by atoms with Gasteiger partial charge in [0.1, 0.15) is 5.69 Å². The molecule has 0 saturated carbocycles. The Morgan fingerprint density at radius 1 is 1.30 bits per heavy atom. The standard InChI is InChI=1S/C18H23N3O4S2/c1-18(2,3)19-27(24,25)13-8-9-14(16(12-13)21(22)23)20-10-4-6-15(20)17-7-5-11-26-17/h5,7-9,11-12,15,19H,4,6,10H2,1-3H3/t15-/m0/s1. The average molecular weight is 410 g/mol. The van der Waals surface area contributed by atoms with Gasteiger partial charge in [0.15, 0.2) is 0 Å². The van der Waals surface area contributed by atoms with E-state index in [0.29, 0.717) is 12.2 Å². The second-order valence-electron chi connectivity index (χ2n) is 7.63. The summed E-state index contributed by atoms with van der Waals surface area (Å²) in [5.41, 5.74) is -0.397. The van der Waals surface area contributed by atoms with Gasteiger partial charge >= 0.3 is 0 Å². The smallest absolute Gasteiger partial charge is 0.293 e. The van der Waals surface area contributed by atoms with Crippen LogP contribution in [0.25, 0.3) is 0 Å². The minimum absolute atomic E-state index is 0.0823. The van der Waals surface area contributed by atoms with E-state index in [-0.39, 0.29) is 16.6 Å². The van der Waals surface area contributed by atoms with Crippen LogP contribution in [0, 0.1) is 10.1 Å². The zero-order valence-electron chi connectivity index (χ0n) is 15.5. The average Bonchev–Trinajstić information content (AvgIpc) is 3.23. The molecule has 1 aromatic carbocycles. The maximum atomic E-state index is 12.6. The van der Waals surface area contributed by atoms with Gasteiger partial charge < -0.3 is 4.90 Å². The largest absolute Gasteiger partial charge is 0.358 e. The third kappa shape index (κ3) is 4.31. The quantitative estimate of drug-likeness (QED) is 0.593. The van der Waals surface area contributed by atoms with E-state index in [2.05, 4.69) is 4.72 Å². The number of thiophene rings is 1. The van der Waals surface area contributed by atoms with Crippen LogP contribution in [0.15, 0.2) is 40.6 Å². The van der Waals surface area contributed by atoms with E-state index in [9.17, 15) is 18.5 Å². The molecular weight excluding hydrogens is 386 g/mol. The summed E-state index contributed by atoms with van der Waals surface area (Å²) in [6.07, 6.45) is 1.86. The van der Waals surface area contributed by atoms with Crippen LogP contribution < -0.4 is 9.62 Å². The van der Waals surface area contributed by atoms with Crippen molar-refractivity contribution in [3.63, 3.8) is 0 Å². The molecule has 1 aromatic heterocycles. The van der Waals surface area contributed by atoms with Gasteiger partial charge in [-0.15, -0.1) is 11.3 Å². The van der Waals surface area contributed by atoms with E-state index >= 15 is 0 Å². The highest BCUT2D eigenvalue weighted by Gasteiger charge is 2.33. The molecule has 0 amide bonds. The van der Waals surface area contributed by atoms with Crippen molar-refractivity contribution in [2.75, 3.05) is 11.4 Å². The van der Waals surface area contributed by atoms with Gasteiger partial charge in [0.25, 0.3) is 5.69 Å². The Morgan fingerprint density at radius 3 is 2.63 bits per heavy atom. The molecule has 1 fully saturated rings. The fraction of sp³-hybridized carbons (Fsp3) is 0.444. The Morgan fingerprint density at radius 2 is 2.04 bits per heavy atom. The molecule has 0 bridgehead atoms. The molecule has 1 aliphatic rings. The molecule has 2 aromatic rings. The highest BCUT2D eigenvalue weighted by Crippen LogP contribution is 2.42. The van der Waals surface area contributed by atoms with Gasteiger partial charge in [-0.05, 0) is 57.2 Å². The first kappa shape index (κ1) is 19.8. The highest BCUT2D eigenvalue weighted by molar-refractivity contribution is 7.89. The molecule has 0 aliphatic carbocycles. The Bertz CT molecular complexity index is 934. The first-order valence-corrected chi connectivity index (χ1v) is 11.1. The summed E-state index contributed by atoms with van der Waals surface area (Å²) in [5, 5.41) is 13.7. The maximum Gasteiger partial charge on any atom is 0.293 e. The van der Waals surface area contributed by atoms with Crippen molar-refractivity contribution in [2.45, 2.75) is 50.1 Å². The molecule has 0 spiro atoms. The normalized spacial score (nSPS) is 18.0. The zero-order valence-corrected chi connectivity index (χ0v) is 17.1. The van der Waals surface area contributed by atoms with Crippen LogP contribution >= 0.6 is 11.3 Å². The number of nitro groups is 1. The van der Waals surface area contributed by atoms with Gasteiger partial charge in [-0.3, -0.25) is 10.1 Å². The number of nitrogens with one attached hydrogen (secondary N) is 1. The second kappa shape index (κ2) is 7.21. The highest BCUT2D eigenvalue weighted by atomic mass is 32.2. The van der Waals surface area contributed by atoms with Crippen LogP contribution in [0.1, 0.15) is 44.5 Å². The zero-order chi connectivity index (χ0) is 19.8. The predicted octanol–water partition coefficient (Wildman–Crippen LogP) is 4.07. The van der Waals surface area contributed by atoms with Crippen LogP contribution in [0.4, 0.5) is 11.4 Å². The lowest BCUT2D eigenvalue weighted by Crippen LogP contribution is -2.40. The SMILES string of the molecule is CC(C)(C)NS(=O)(=O)c1ccc(N2CCC[C@H]2c2cccs2)c([N+](=O)[O-])c1. The number of anilines is 1. The van der Waals surface area contributed by atoms with Gasteiger partial charge in [0.2, 0.25) is 10.0 Å². The van der Waals surface area contributed by atoms with E-state index in [1.807, 2.05) is 22.4 Å². The lowest BCUT2D eigenvalue weighted by atomic mass is 10.1. The van der Waals surface area contributed by atoms with Crippen molar-refractivity contribution in [1.82, 2.24) is 4.72 Å². The molecule has 1 saturated heterocycles. The minimum Gasteiger partial charge on any atom is -0.358 e. The summed E-state index contributed by atoms with van der Waals surface area (Å²) in [7, 11) is -3.84. The van der Waals surface area contributed by atoms with Crippen molar-refractivity contribution in [3.8, 4) is 0 Å². The topological polar surface area (TPSA) is 92.6 Å². The first-order valence-electron chi connectivity index (χ1n) is 8.71. The number of hydrogen-bond donors (Lipinski definition) is 1. The predicted molar refractivity (Wildman–Crippen MR) is 107 cm³/mol. The van der Waals surface area contributed by atoms with E-state index < -0.39 is 20.5 Å². The number of nitro benzene ring substituents is 1. The van der Waals surface area contributed by atoms with E-state index in [1.165, 1.54) is 6.07 Å². The third-order valence-corrected chi connectivity index (χ3v) is 7.06. The van der Waals surface area contributed by atoms with Crippen LogP contribution in [-0.2, 0) is 10.0 Å². The number of rotatable bonds is 5. The molecule has 27 heavy (non-hydrogen) atoms. The van der Waals surface area contributed by atoms with E-state index in [1.54, 1.807) is 38.2 Å². The van der Waals surface area contributed by atoms with Gasteiger partial charge in [-0.1, -0.05) is 6.07 Å². The summed E-state index contributed by atoms with van der Waals surface area (Å²) in [4.78, 5) is 14.3. The van der Waals surface area contributed by atoms with Crippen molar-refractivity contribution in [2.24, 2.45) is 0 Å². The number of sulfonamides is 1. The van der Waals surface area contributed by atoms with Crippen molar-refractivity contribution < 1.29 is 13.3 Å². The Hall–Kier alpha value is -1.97. The Balaban J connectivity index is 2.01. The van der Waals surface area contributed by atoms with Crippen molar-refractivity contribution in [3.05, 3.63) is 50.7 Å². The molecule has 7 nitrogen and oxygen atoms in total.